The minimum atomic E-state index is -0.260. The summed E-state index contributed by atoms with van der Waals surface area (Å²) in [6.45, 7) is 7.88. The molecule has 2 aromatic heterocycles. The highest BCUT2D eigenvalue weighted by molar-refractivity contribution is 9.10. The maximum absolute atomic E-state index is 13.2. The topological polar surface area (TPSA) is 71.4 Å². The zero-order chi connectivity index (χ0) is 20.6. The fourth-order valence-corrected chi connectivity index (χ4v) is 3.76. The minimum Gasteiger partial charge on any atom is -0.380 e. The average Bonchev–Trinajstić information content (AvgIpc) is 3.28. The Balaban J connectivity index is 1.56. The maximum atomic E-state index is 13.2. The van der Waals surface area contributed by atoms with Crippen molar-refractivity contribution >= 4 is 32.7 Å². The van der Waals surface area contributed by atoms with Gasteiger partial charge in [-0.05, 0) is 57.7 Å². The first-order valence-corrected chi connectivity index (χ1v) is 10.1. The smallest absolute Gasteiger partial charge is 0.129 e. The Bertz CT molecular complexity index is 1140. The summed E-state index contributed by atoms with van der Waals surface area (Å²) in [5.41, 5.74) is 5.60. The molecule has 0 unspecified atom stereocenters. The molecule has 0 aliphatic carbocycles. The van der Waals surface area contributed by atoms with Crippen molar-refractivity contribution in [1.29, 1.82) is 0 Å². The number of aromatic nitrogens is 5. The number of halogens is 2. The van der Waals surface area contributed by atoms with Gasteiger partial charge in [0.15, 0.2) is 0 Å². The molecule has 150 valence electrons. The second kappa shape index (κ2) is 7.59. The molecule has 0 saturated heterocycles. The molecular weight excluding hydrogens is 435 g/mol. The monoisotopic (exact) mass is 456 g/mol. The van der Waals surface area contributed by atoms with E-state index in [2.05, 4.69) is 62.5 Å². The van der Waals surface area contributed by atoms with E-state index < -0.39 is 0 Å². The molecule has 0 bridgehead atoms. The average molecular weight is 457 g/mol. The summed E-state index contributed by atoms with van der Waals surface area (Å²) in [6.07, 6.45) is 1.78. The van der Waals surface area contributed by atoms with Crippen LogP contribution in [0.4, 0.5) is 10.1 Å². The van der Waals surface area contributed by atoms with E-state index in [1.165, 1.54) is 12.1 Å². The van der Waals surface area contributed by atoms with Gasteiger partial charge in [-0.15, -0.1) is 5.10 Å². The molecule has 0 aliphatic rings. The summed E-state index contributed by atoms with van der Waals surface area (Å²) in [6, 6.07) is 10.4. The van der Waals surface area contributed by atoms with Crippen molar-refractivity contribution in [2.45, 2.75) is 33.9 Å². The van der Waals surface area contributed by atoms with E-state index in [4.69, 9.17) is 0 Å². The van der Waals surface area contributed by atoms with Crippen LogP contribution in [0.15, 0.2) is 47.1 Å². The zero-order valence-electron chi connectivity index (χ0n) is 16.5. The molecule has 0 aliphatic heterocycles. The molecule has 0 spiro atoms. The first kappa shape index (κ1) is 19.6. The molecule has 0 radical (unpaired) electrons. The van der Waals surface area contributed by atoms with Crippen molar-refractivity contribution in [3.63, 3.8) is 0 Å². The van der Waals surface area contributed by atoms with Crippen LogP contribution in [-0.2, 0) is 13.1 Å². The van der Waals surface area contributed by atoms with Crippen LogP contribution in [-0.4, -0.2) is 25.2 Å². The number of anilines is 1. The Morgan fingerprint density at radius 1 is 1.14 bits per heavy atom. The van der Waals surface area contributed by atoms with E-state index in [1.54, 1.807) is 18.3 Å². The molecule has 2 aromatic carbocycles. The summed E-state index contributed by atoms with van der Waals surface area (Å²) >= 11 is 3.67. The fourth-order valence-electron chi connectivity index (χ4n) is 3.21. The van der Waals surface area contributed by atoms with Gasteiger partial charge in [0.2, 0.25) is 0 Å². The summed E-state index contributed by atoms with van der Waals surface area (Å²) < 4.78 is 16.0. The molecular formula is C21H22BrFN6. The van der Waals surface area contributed by atoms with Crippen molar-refractivity contribution in [2.75, 3.05) is 5.32 Å². The van der Waals surface area contributed by atoms with Gasteiger partial charge in [-0.1, -0.05) is 26.0 Å². The maximum Gasteiger partial charge on any atom is 0.129 e. The Kier molecular flexibility index (Phi) is 5.12. The summed E-state index contributed by atoms with van der Waals surface area (Å²) in [5.74, 6) is -0.260. The van der Waals surface area contributed by atoms with E-state index in [9.17, 15) is 4.39 Å². The van der Waals surface area contributed by atoms with Gasteiger partial charge in [0.25, 0.3) is 0 Å². The molecule has 4 rings (SSSR count). The van der Waals surface area contributed by atoms with E-state index >= 15 is 0 Å². The second-order valence-electron chi connectivity index (χ2n) is 8.23. The molecule has 0 amide bonds. The normalized spacial score (nSPS) is 11.9. The molecule has 2 heterocycles. The predicted octanol–water partition coefficient (Wildman–Crippen LogP) is 5.38. The van der Waals surface area contributed by atoms with Gasteiger partial charge in [0.1, 0.15) is 11.3 Å². The lowest BCUT2D eigenvalue weighted by atomic mass is 9.97. The van der Waals surface area contributed by atoms with Crippen LogP contribution in [0.5, 0.6) is 0 Å². The van der Waals surface area contributed by atoms with Crippen molar-refractivity contribution in [1.82, 2.24) is 25.2 Å². The number of hydrogen-bond acceptors (Lipinski definition) is 4. The van der Waals surface area contributed by atoms with Crippen LogP contribution in [0.1, 0.15) is 26.3 Å². The van der Waals surface area contributed by atoms with E-state index in [1.807, 2.05) is 16.8 Å². The number of nitrogens with one attached hydrogen (secondary N) is 2. The van der Waals surface area contributed by atoms with Gasteiger partial charge >= 0.3 is 0 Å². The number of hydrogen-bond donors (Lipinski definition) is 2. The van der Waals surface area contributed by atoms with Gasteiger partial charge in [0, 0.05) is 24.2 Å². The first-order chi connectivity index (χ1) is 13.8. The largest absolute Gasteiger partial charge is 0.380 e. The predicted molar refractivity (Wildman–Crippen MR) is 116 cm³/mol. The lowest BCUT2D eigenvalue weighted by Gasteiger charge is -2.18. The summed E-state index contributed by atoms with van der Waals surface area (Å²) in [4.78, 5) is 0. The third kappa shape index (κ3) is 4.17. The minimum absolute atomic E-state index is 0.113. The van der Waals surface area contributed by atoms with Crippen molar-refractivity contribution in [3.05, 3.63) is 58.4 Å². The fraction of sp³-hybridized carbons (Fsp3) is 0.286. The van der Waals surface area contributed by atoms with E-state index in [0.717, 1.165) is 44.6 Å². The number of rotatable bonds is 5. The highest BCUT2D eigenvalue weighted by Crippen LogP contribution is 2.32. The molecule has 4 aromatic rings. The number of fused-ring (bicyclic) bond motifs is 1. The molecule has 0 fully saturated rings. The Morgan fingerprint density at radius 2 is 1.90 bits per heavy atom. The lowest BCUT2D eigenvalue weighted by Crippen LogP contribution is -2.16. The van der Waals surface area contributed by atoms with Crippen molar-refractivity contribution in [3.8, 4) is 11.3 Å². The molecule has 0 saturated carbocycles. The van der Waals surface area contributed by atoms with Crippen LogP contribution >= 0.6 is 15.9 Å². The van der Waals surface area contributed by atoms with Crippen LogP contribution < -0.4 is 5.32 Å². The van der Waals surface area contributed by atoms with Crippen LogP contribution in [0.2, 0.25) is 0 Å². The number of nitrogens with zero attached hydrogens (tertiary/aromatic N) is 4. The highest BCUT2D eigenvalue weighted by atomic mass is 79.9. The molecule has 2 N–H and O–H groups in total. The lowest BCUT2D eigenvalue weighted by molar-refractivity contribution is 0.327. The summed E-state index contributed by atoms with van der Waals surface area (Å²) in [7, 11) is 0. The van der Waals surface area contributed by atoms with Crippen LogP contribution in [0.25, 0.3) is 22.3 Å². The summed E-state index contributed by atoms with van der Waals surface area (Å²) in [5, 5.41) is 19.2. The number of H-pyrrole nitrogens is 1. The van der Waals surface area contributed by atoms with Gasteiger partial charge < -0.3 is 5.32 Å². The Labute approximate surface area is 176 Å². The van der Waals surface area contributed by atoms with Gasteiger partial charge in [-0.25, -0.2) is 9.07 Å². The quantitative estimate of drug-likeness (QED) is 0.422. The number of aromatic amines is 1. The van der Waals surface area contributed by atoms with Gasteiger partial charge in [-0.3, -0.25) is 5.10 Å². The van der Waals surface area contributed by atoms with E-state index in [-0.39, 0.29) is 11.2 Å². The number of benzene rings is 2. The van der Waals surface area contributed by atoms with Crippen LogP contribution in [0.3, 0.4) is 0 Å². The highest BCUT2D eigenvalue weighted by Gasteiger charge is 2.17. The first-order valence-electron chi connectivity index (χ1n) is 9.35. The van der Waals surface area contributed by atoms with Gasteiger partial charge in [-0.2, -0.15) is 5.10 Å². The molecule has 6 nitrogen and oxygen atoms in total. The third-order valence-electron chi connectivity index (χ3n) is 4.57. The van der Waals surface area contributed by atoms with E-state index in [0.29, 0.717) is 6.54 Å². The van der Waals surface area contributed by atoms with Gasteiger partial charge in [0.05, 0.1) is 27.6 Å². The standard InChI is InChI=1S/C21H22BrFN6/c1-21(2,3)12-29-17-9-8-16(18(22)20(17)27-28-29)24-10-14-11-25-26-19(14)13-4-6-15(23)7-5-13/h4-9,11,24H,10,12H2,1-3H3,(H,25,26). The molecule has 0 atom stereocenters. The Hall–Kier alpha value is -2.74. The molecule has 29 heavy (non-hydrogen) atoms. The zero-order valence-corrected chi connectivity index (χ0v) is 18.1. The van der Waals surface area contributed by atoms with Crippen LogP contribution in [0, 0.1) is 11.2 Å². The Morgan fingerprint density at radius 3 is 2.62 bits per heavy atom. The molecule has 8 heteroatoms. The second-order valence-corrected chi connectivity index (χ2v) is 9.03. The van der Waals surface area contributed by atoms with Crippen molar-refractivity contribution in [2.24, 2.45) is 5.41 Å². The third-order valence-corrected chi connectivity index (χ3v) is 5.37. The SMILES string of the molecule is CC(C)(C)Cn1nnc2c(Br)c(NCc3cn[nH]c3-c3ccc(F)cc3)ccc21. The van der Waals surface area contributed by atoms with Crippen molar-refractivity contribution < 1.29 is 4.39 Å².